The van der Waals surface area contributed by atoms with Crippen LogP contribution >= 0.6 is 0 Å². The van der Waals surface area contributed by atoms with Gasteiger partial charge in [-0.15, -0.1) is 0 Å². The van der Waals surface area contributed by atoms with Crippen LogP contribution in [0.2, 0.25) is 0 Å². The number of piperidine rings is 1. The van der Waals surface area contributed by atoms with E-state index in [1.807, 2.05) is 6.92 Å². The van der Waals surface area contributed by atoms with Gasteiger partial charge in [0, 0.05) is 6.04 Å². The number of nitrogens with zero attached hydrogens (tertiary/aromatic N) is 1. The minimum Gasteiger partial charge on any atom is -0.300 e. The van der Waals surface area contributed by atoms with Gasteiger partial charge >= 0.3 is 0 Å². The van der Waals surface area contributed by atoms with Crippen LogP contribution in [0.3, 0.4) is 0 Å². The number of rotatable bonds is 4. The number of hydrogen-bond donors (Lipinski definition) is 2. The van der Waals surface area contributed by atoms with Crippen LogP contribution in [0.15, 0.2) is 0 Å². The van der Waals surface area contributed by atoms with E-state index in [1.54, 1.807) is 0 Å². The van der Waals surface area contributed by atoms with E-state index in [9.17, 15) is 4.79 Å². The molecule has 1 fully saturated rings. The first-order chi connectivity index (χ1) is 7.93. The molecule has 0 aromatic carbocycles. The van der Waals surface area contributed by atoms with E-state index >= 15 is 0 Å². The van der Waals surface area contributed by atoms with E-state index in [1.165, 1.54) is 19.3 Å². The highest BCUT2D eigenvalue weighted by Crippen LogP contribution is 2.35. The Morgan fingerprint density at radius 1 is 1.41 bits per heavy atom. The smallest absolute Gasteiger partial charge is 0.238 e. The van der Waals surface area contributed by atoms with Crippen LogP contribution in [-0.2, 0) is 4.79 Å². The van der Waals surface area contributed by atoms with Gasteiger partial charge in [-0.25, -0.2) is 5.84 Å². The van der Waals surface area contributed by atoms with Gasteiger partial charge in [0.1, 0.15) is 0 Å². The Kier molecular flexibility index (Phi) is 4.95. The first kappa shape index (κ1) is 14.5. The molecule has 100 valence electrons. The number of hydrazine groups is 1. The third kappa shape index (κ3) is 3.42. The van der Waals surface area contributed by atoms with Gasteiger partial charge in [-0.3, -0.25) is 15.1 Å². The molecule has 1 aliphatic rings. The van der Waals surface area contributed by atoms with Crippen molar-refractivity contribution in [1.29, 1.82) is 0 Å². The second kappa shape index (κ2) is 5.83. The Bertz CT molecular complexity index is 259. The van der Waals surface area contributed by atoms with Gasteiger partial charge < -0.3 is 0 Å². The van der Waals surface area contributed by atoms with Crippen molar-refractivity contribution in [2.45, 2.75) is 53.0 Å². The van der Waals surface area contributed by atoms with Gasteiger partial charge in [0.05, 0.1) is 5.92 Å². The van der Waals surface area contributed by atoms with Crippen molar-refractivity contribution in [3.63, 3.8) is 0 Å². The number of nitrogens with one attached hydrogen (secondary N) is 1. The number of carbonyl (C=O) groups excluding carboxylic acids is 1. The first-order valence-electron chi connectivity index (χ1n) is 6.68. The highest BCUT2D eigenvalue weighted by atomic mass is 16.2. The summed E-state index contributed by atoms with van der Waals surface area (Å²) in [5, 5.41) is 0. The average molecular weight is 241 g/mol. The Morgan fingerprint density at radius 3 is 2.35 bits per heavy atom. The largest absolute Gasteiger partial charge is 0.300 e. The van der Waals surface area contributed by atoms with Crippen molar-refractivity contribution < 1.29 is 4.79 Å². The standard InChI is InChI=1S/C13H27N3O/c1-5-13(4)6-8-16(9-7-13)11(3)10(2)12(17)15-14/h10-11H,5-9,14H2,1-4H3,(H,15,17). The van der Waals surface area contributed by atoms with Crippen LogP contribution < -0.4 is 11.3 Å². The number of likely N-dealkylation sites (tertiary alicyclic amines) is 1. The van der Waals surface area contributed by atoms with Crippen LogP contribution in [0, 0.1) is 11.3 Å². The molecule has 17 heavy (non-hydrogen) atoms. The van der Waals surface area contributed by atoms with Crippen molar-refractivity contribution in [2.75, 3.05) is 13.1 Å². The molecule has 4 heteroatoms. The quantitative estimate of drug-likeness (QED) is 0.445. The van der Waals surface area contributed by atoms with Crippen molar-refractivity contribution in [3.05, 3.63) is 0 Å². The second-order valence-electron chi connectivity index (χ2n) is 5.74. The Hall–Kier alpha value is -0.610. The number of hydrogen-bond acceptors (Lipinski definition) is 3. The molecule has 1 rings (SSSR count). The first-order valence-corrected chi connectivity index (χ1v) is 6.68. The molecule has 1 heterocycles. The maximum atomic E-state index is 11.5. The van der Waals surface area contributed by atoms with E-state index in [0.717, 1.165) is 13.1 Å². The summed E-state index contributed by atoms with van der Waals surface area (Å²) in [5.74, 6) is 5.07. The summed E-state index contributed by atoms with van der Waals surface area (Å²) in [6.07, 6.45) is 3.70. The summed E-state index contributed by atoms with van der Waals surface area (Å²) in [7, 11) is 0. The maximum absolute atomic E-state index is 11.5. The summed E-state index contributed by atoms with van der Waals surface area (Å²) < 4.78 is 0. The lowest BCUT2D eigenvalue weighted by atomic mass is 9.77. The molecule has 1 aliphatic heterocycles. The summed E-state index contributed by atoms with van der Waals surface area (Å²) >= 11 is 0. The zero-order valence-electron chi connectivity index (χ0n) is 11.6. The molecular formula is C13H27N3O. The van der Waals surface area contributed by atoms with E-state index in [-0.39, 0.29) is 17.9 Å². The molecule has 2 atom stereocenters. The SMILES string of the molecule is CCC1(C)CCN(C(C)C(C)C(=O)NN)CC1. The summed E-state index contributed by atoms with van der Waals surface area (Å²) in [4.78, 5) is 13.9. The van der Waals surface area contributed by atoms with Crippen molar-refractivity contribution >= 4 is 5.91 Å². The third-order valence-electron chi connectivity index (χ3n) is 4.71. The van der Waals surface area contributed by atoms with Crippen LogP contribution in [0.4, 0.5) is 0 Å². The zero-order valence-corrected chi connectivity index (χ0v) is 11.6. The lowest BCUT2D eigenvalue weighted by Crippen LogP contribution is -2.49. The van der Waals surface area contributed by atoms with E-state index < -0.39 is 0 Å². The Labute approximate surface area is 105 Å². The van der Waals surface area contributed by atoms with Crippen LogP contribution in [0.5, 0.6) is 0 Å². The maximum Gasteiger partial charge on any atom is 0.238 e. The molecule has 4 nitrogen and oxygen atoms in total. The number of nitrogens with two attached hydrogens (primary N) is 1. The van der Waals surface area contributed by atoms with Gasteiger partial charge in [-0.2, -0.15) is 0 Å². The lowest BCUT2D eigenvalue weighted by Gasteiger charge is -2.42. The predicted molar refractivity (Wildman–Crippen MR) is 70.2 cm³/mol. The molecule has 0 bridgehead atoms. The van der Waals surface area contributed by atoms with Gasteiger partial charge in [0.15, 0.2) is 0 Å². The molecule has 1 amide bonds. The van der Waals surface area contributed by atoms with Crippen molar-refractivity contribution in [2.24, 2.45) is 17.2 Å². The molecule has 3 N–H and O–H groups in total. The fraction of sp³-hybridized carbons (Fsp3) is 0.923. The molecule has 0 radical (unpaired) electrons. The Balaban J connectivity index is 2.51. The molecule has 0 aliphatic carbocycles. The van der Waals surface area contributed by atoms with Gasteiger partial charge in [-0.05, 0) is 38.3 Å². The highest BCUT2D eigenvalue weighted by molar-refractivity contribution is 5.78. The van der Waals surface area contributed by atoms with E-state index in [0.29, 0.717) is 5.41 Å². The number of carbonyl (C=O) groups is 1. The average Bonchev–Trinajstić information content (AvgIpc) is 2.37. The molecular weight excluding hydrogens is 214 g/mol. The zero-order chi connectivity index (χ0) is 13.1. The predicted octanol–water partition coefficient (Wildman–Crippen LogP) is 1.51. The Morgan fingerprint density at radius 2 is 1.94 bits per heavy atom. The van der Waals surface area contributed by atoms with E-state index in [4.69, 9.17) is 5.84 Å². The van der Waals surface area contributed by atoms with Crippen molar-refractivity contribution in [3.8, 4) is 0 Å². The molecule has 0 aromatic rings. The molecule has 2 unspecified atom stereocenters. The van der Waals surface area contributed by atoms with Gasteiger partial charge in [0.25, 0.3) is 0 Å². The normalized spacial score (nSPS) is 24.1. The monoisotopic (exact) mass is 241 g/mol. The summed E-state index contributed by atoms with van der Waals surface area (Å²) in [5.41, 5.74) is 2.74. The van der Waals surface area contributed by atoms with Gasteiger partial charge in [-0.1, -0.05) is 27.2 Å². The fourth-order valence-electron chi connectivity index (χ4n) is 2.49. The minimum atomic E-state index is -0.0682. The fourth-order valence-corrected chi connectivity index (χ4v) is 2.49. The van der Waals surface area contributed by atoms with Gasteiger partial charge in [0.2, 0.25) is 5.91 Å². The molecule has 0 saturated carbocycles. The highest BCUT2D eigenvalue weighted by Gasteiger charge is 2.32. The molecule has 1 saturated heterocycles. The van der Waals surface area contributed by atoms with Crippen LogP contribution in [0.1, 0.15) is 47.0 Å². The van der Waals surface area contributed by atoms with Crippen LogP contribution in [-0.4, -0.2) is 29.9 Å². The summed E-state index contributed by atoms with van der Waals surface area (Å²) in [6.45, 7) is 10.9. The topological polar surface area (TPSA) is 58.4 Å². The molecule has 0 aromatic heterocycles. The van der Waals surface area contributed by atoms with Crippen molar-refractivity contribution in [1.82, 2.24) is 10.3 Å². The third-order valence-corrected chi connectivity index (χ3v) is 4.71. The number of amides is 1. The van der Waals surface area contributed by atoms with E-state index in [2.05, 4.69) is 31.1 Å². The molecule has 0 spiro atoms. The second-order valence-corrected chi connectivity index (χ2v) is 5.74. The van der Waals surface area contributed by atoms with Crippen LogP contribution in [0.25, 0.3) is 0 Å². The summed E-state index contributed by atoms with van der Waals surface area (Å²) in [6, 6.07) is 0.264. The minimum absolute atomic E-state index is 0.0500. The lowest BCUT2D eigenvalue weighted by molar-refractivity contribution is -0.126.